The lowest BCUT2D eigenvalue weighted by Gasteiger charge is -2.37. The van der Waals surface area contributed by atoms with Crippen LogP contribution < -0.4 is 10.1 Å². The summed E-state index contributed by atoms with van der Waals surface area (Å²) in [5.41, 5.74) is 2.42. The molecule has 6 nitrogen and oxygen atoms in total. The van der Waals surface area contributed by atoms with E-state index in [1.165, 1.54) is 11.3 Å². The molecule has 0 saturated carbocycles. The van der Waals surface area contributed by atoms with Gasteiger partial charge in [-0.3, -0.25) is 9.69 Å². The summed E-state index contributed by atoms with van der Waals surface area (Å²) in [5.74, 6) is 2.24. The van der Waals surface area contributed by atoms with E-state index in [9.17, 15) is 4.79 Å². The number of hydrogen-bond acceptors (Lipinski definition) is 4. The molecule has 0 spiro atoms. The number of fused-ring (bicyclic) bond motifs is 1. The van der Waals surface area contributed by atoms with Crippen LogP contribution in [0.4, 0.5) is 0 Å². The van der Waals surface area contributed by atoms with Crippen molar-refractivity contribution < 1.29 is 13.9 Å². The lowest BCUT2D eigenvalue weighted by molar-refractivity contribution is 0.0914. The highest BCUT2D eigenvalue weighted by molar-refractivity contribution is 5.91. The van der Waals surface area contributed by atoms with Crippen molar-refractivity contribution in [2.75, 3.05) is 20.2 Å². The Hall–Kier alpha value is -2.99. The SMILES string of the molecule is COc1cccc([C@@H]2c3cccn3CCN2Cc2ccc(C(=O)NCC(C)C)o2)c1. The summed E-state index contributed by atoms with van der Waals surface area (Å²) < 4.78 is 13.6. The Morgan fingerprint density at radius 2 is 2.07 bits per heavy atom. The second-order valence-corrected chi connectivity index (χ2v) is 8.15. The number of rotatable bonds is 7. The monoisotopic (exact) mass is 407 g/mol. The van der Waals surface area contributed by atoms with Gasteiger partial charge in [-0.2, -0.15) is 0 Å². The van der Waals surface area contributed by atoms with Gasteiger partial charge in [0, 0.05) is 31.5 Å². The number of methoxy groups -OCH3 is 1. The van der Waals surface area contributed by atoms with Crippen molar-refractivity contribution in [2.45, 2.75) is 33.0 Å². The summed E-state index contributed by atoms with van der Waals surface area (Å²) in [6.45, 7) is 7.21. The van der Waals surface area contributed by atoms with Gasteiger partial charge in [-0.1, -0.05) is 26.0 Å². The highest BCUT2D eigenvalue weighted by atomic mass is 16.5. The normalized spacial score (nSPS) is 16.5. The Morgan fingerprint density at radius 3 is 2.87 bits per heavy atom. The fourth-order valence-electron chi connectivity index (χ4n) is 3.96. The molecule has 1 aliphatic rings. The molecular formula is C24H29N3O3. The van der Waals surface area contributed by atoms with Crippen LogP contribution in [0, 0.1) is 5.92 Å². The molecule has 1 amide bonds. The van der Waals surface area contributed by atoms with E-state index in [0.29, 0.717) is 24.8 Å². The molecule has 4 rings (SSSR count). The number of aromatic nitrogens is 1. The maximum absolute atomic E-state index is 12.3. The van der Waals surface area contributed by atoms with Gasteiger partial charge >= 0.3 is 0 Å². The number of nitrogens with zero attached hydrogens (tertiary/aromatic N) is 2. The summed E-state index contributed by atoms with van der Waals surface area (Å²) in [7, 11) is 1.69. The van der Waals surface area contributed by atoms with Gasteiger partial charge in [-0.25, -0.2) is 0 Å². The summed E-state index contributed by atoms with van der Waals surface area (Å²) in [5, 5.41) is 2.91. The van der Waals surface area contributed by atoms with E-state index >= 15 is 0 Å². The Kier molecular flexibility index (Phi) is 5.95. The highest BCUT2D eigenvalue weighted by Gasteiger charge is 2.30. The molecular weight excluding hydrogens is 378 g/mol. The average molecular weight is 408 g/mol. The van der Waals surface area contributed by atoms with Crippen LogP contribution in [0.25, 0.3) is 0 Å². The molecule has 2 aromatic heterocycles. The molecule has 1 aromatic carbocycles. The van der Waals surface area contributed by atoms with E-state index in [0.717, 1.165) is 24.6 Å². The van der Waals surface area contributed by atoms with Crippen molar-refractivity contribution in [3.05, 3.63) is 77.5 Å². The largest absolute Gasteiger partial charge is 0.497 e. The molecule has 1 aliphatic heterocycles. The van der Waals surface area contributed by atoms with Gasteiger partial charge in [0.05, 0.1) is 19.7 Å². The Morgan fingerprint density at radius 1 is 1.20 bits per heavy atom. The summed E-state index contributed by atoms with van der Waals surface area (Å²) in [6.07, 6.45) is 2.13. The van der Waals surface area contributed by atoms with Crippen LogP contribution in [0.5, 0.6) is 5.75 Å². The first kappa shape index (κ1) is 20.3. The maximum Gasteiger partial charge on any atom is 0.287 e. The first-order chi connectivity index (χ1) is 14.5. The third-order valence-corrected chi connectivity index (χ3v) is 5.46. The predicted molar refractivity (Wildman–Crippen MR) is 116 cm³/mol. The third-order valence-electron chi connectivity index (χ3n) is 5.46. The van der Waals surface area contributed by atoms with Gasteiger partial charge in [0.1, 0.15) is 11.5 Å². The summed E-state index contributed by atoms with van der Waals surface area (Å²) in [4.78, 5) is 14.7. The molecule has 0 unspecified atom stereocenters. The van der Waals surface area contributed by atoms with Crippen LogP contribution in [0.3, 0.4) is 0 Å². The molecule has 1 atom stereocenters. The van der Waals surface area contributed by atoms with Crippen LogP contribution in [-0.4, -0.2) is 35.6 Å². The molecule has 0 saturated heterocycles. The minimum absolute atomic E-state index is 0.0900. The molecule has 3 heterocycles. The number of hydrogen-bond donors (Lipinski definition) is 1. The van der Waals surface area contributed by atoms with Gasteiger partial charge in [-0.15, -0.1) is 0 Å². The number of amides is 1. The molecule has 6 heteroatoms. The fraction of sp³-hybridized carbons (Fsp3) is 0.375. The minimum Gasteiger partial charge on any atom is -0.497 e. The number of carbonyl (C=O) groups excluding carboxylic acids is 1. The average Bonchev–Trinajstić information content (AvgIpc) is 3.41. The summed E-state index contributed by atoms with van der Waals surface area (Å²) in [6, 6.07) is 16.2. The molecule has 0 aliphatic carbocycles. The van der Waals surface area contributed by atoms with Crippen LogP contribution in [0.1, 0.15) is 47.5 Å². The zero-order valence-electron chi connectivity index (χ0n) is 17.8. The third kappa shape index (κ3) is 4.28. The molecule has 158 valence electrons. The summed E-state index contributed by atoms with van der Waals surface area (Å²) >= 11 is 0. The first-order valence-electron chi connectivity index (χ1n) is 10.4. The van der Waals surface area contributed by atoms with E-state index in [1.807, 2.05) is 18.2 Å². The van der Waals surface area contributed by atoms with Crippen LogP contribution >= 0.6 is 0 Å². The molecule has 1 N–H and O–H groups in total. The number of benzene rings is 1. The zero-order valence-corrected chi connectivity index (χ0v) is 17.8. The van der Waals surface area contributed by atoms with Crippen molar-refractivity contribution in [2.24, 2.45) is 5.92 Å². The lowest BCUT2D eigenvalue weighted by Crippen LogP contribution is -2.37. The van der Waals surface area contributed by atoms with Gasteiger partial charge in [0.2, 0.25) is 0 Å². The van der Waals surface area contributed by atoms with Crippen LogP contribution in [-0.2, 0) is 13.1 Å². The second-order valence-electron chi connectivity index (χ2n) is 8.15. The first-order valence-corrected chi connectivity index (χ1v) is 10.4. The van der Waals surface area contributed by atoms with Gasteiger partial charge in [0.15, 0.2) is 5.76 Å². The number of carbonyl (C=O) groups is 1. The van der Waals surface area contributed by atoms with Crippen molar-refractivity contribution in [1.82, 2.24) is 14.8 Å². The maximum atomic E-state index is 12.3. The molecule has 3 aromatic rings. The highest BCUT2D eigenvalue weighted by Crippen LogP contribution is 2.35. The minimum atomic E-state index is -0.160. The van der Waals surface area contributed by atoms with Crippen molar-refractivity contribution in [3.63, 3.8) is 0 Å². The van der Waals surface area contributed by atoms with Gasteiger partial charge < -0.3 is 19.0 Å². The molecule has 0 radical (unpaired) electrons. The Balaban J connectivity index is 1.56. The smallest absolute Gasteiger partial charge is 0.287 e. The Bertz CT molecular complexity index is 1000. The number of ether oxygens (including phenoxy) is 1. The van der Waals surface area contributed by atoms with Gasteiger partial charge in [0.25, 0.3) is 5.91 Å². The Labute approximate surface area is 177 Å². The van der Waals surface area contributed by atoms with Crippen molar-refractivity contribution in [3.8, 4) is 5.75 Å². The molecule has 0 fully saturated rings. The van der Waals surface area contributed by atoms with E-state index in [2.05, 4.69) is 59.1 Å². The van der Waals surface area contributed by atoms with Crippen LogP contribution in [0.15, 0.2) is 59.1 Å². The number of furan rings is 1. The van der Waals surface area contributed by atoms with E-state index in [1.54, 1.807) is 13.2 Å². The lowest BCUT2D eigenvalue weighted by atomic mass is 9.99. The standard InChI is InChI=1S/C24H29N3O3/c1-17(2)15-25-24(28)22-10-9-20(30-22)16-27-13-12-26-11-5-8-21(26)23(27)18-6-4-7-19(14-18)29-3/h4-11,14,17,23H,12-13,15-16H2,1-3H3,(H,25,28)/t23-/m1/s1. The fourth-order valence-corrected chi connectivity index (χ4v) is 3.96. The van der Waals surface area contributed by atoms with Crippen molar-refractivity contribution in [1.29, 1.82) is 0 Å². The predicted octanol–water partition coefficient (Wildman–Crippen LogP) is 4.08. The van der Waals surface area contributed by atoms with E-state index in [4.69, 9.17) is 9.15 Å². The van der Waals surface area contributed by atoms with Gasteiger partial charge in [-0.05, 0) is 47.9 Å². The van der Waals surface area contributed by atoms with E-state index in [-0.39, 0.29) is 11.9 Å². The van der Waals surface area contributed by atoms with Crippen molar-refractivity contribution >= 4 is 5.91 Å². The van der Waals surface area contributed by atoms with Crippen LogP contribution in [0.2, 0.25) is 0 Å². The zero-order chi connectivity index (χ0) is 21.1. The van der Waals surface area contributed by atoms with E-state index < -0.39 is 0 Å². The second kappa shape index (κ2) is 8.79. The topological polar surface area (TPSA) is 59.6 Å². The quantitative estimate of drug-likeness (QED) is 0.641. The molecule has 30 heavy (non-hydrogen) atoms. The number of nitrogens with one attached hydrogen (secondary N) is 1. The molecule has 0 bridgehead atoms.